The first-order valence-corrected chi connectivity index (χ1v) is 1.15. The lowest BCUT2D eigenvalue weighted by molar-refractivity contribution is 0.868. The largest absolute Gasteiger partial charge is 0.120 e. The van der Waals surface area contributed by atoms with Crippen LogP contribution in [0.2, 0.25) is 0 Å². The zero-order chi connectivity index (χ0) is 9.28. The van der Waals surface area contributed by atoms with Crippen molar-refractivity contribution in [2.45, 2.75) is 13.7 Å². The van der Waals surface area contributed by atoms with Crippen LogP contribution in [0.25, 0.3) is 0 Å². The Kier molecular flexibility index (Phi) is 0.233. The third-order valence-electron chi connectivity index (χ3n) is 0.167. The molecule has 0 aromatic rings. The second kappa shape index (κ2) is 1.84. The monoisotopic (exact) mass is 74.1 g/mol. The summed E-state index contributed by atoms with van der Waals surface area (Å²) in [6.07, 6.45) is 4.78. The molecule has 0 amide bonds. The van der Waals surface area contributed by atoms with Gasteiger partial charge < -0.3 is 0 Å². The number of hydrogen-bond donors (Lipinski definition) is 0. The number of terminal acetylenes is 1. The predicted octanol–water partition coefficient (Wildman–Crippen LogP) is 1.28. The highest BCUT2D eigenvalue weighted by Gasteiger charge is 1.74. The van der Waals surface area contributed by atoms with Crippen LogP contribution in [0.3, 0.4) is 0 Å². The van der Waals surface area contributed by atoms with Gasteiger partial charge in [-0.05, 0) is 0 Å². The molecule has 0 unspecified atom stereocenters. The van der Waals surface area contributed by atoms with Crippen molar-refractivity contribution in [1.82, 2.24) is 0 Å². The Morgan fingerprint density at radius 2 is 2.60 bits per heavy atom. The van der Waals surface area contributed by atoms with E-state index >= 15 is 0 Å². The van der Waals surface area contributed by atoms with Gasteiger partial charge in [0.05, 0.1) is 0 Å². The Morgan fingerprint density at radius 1 is 2.00 bits per heavy atom. The van der Waals surface area contributed by atoms with Crippen LogP contribution in [0.1, 0.15) is 21.9 Å². The van der Waals surface area contributed by atoms with Gasteiger partial charge in [-0.1, -0.05) is 13.7 Å². The van der Waals surface area contributed by atoms with Crippen LogP contribution < -0.4 is 0 Å². The molecule has 5 heavy (non-hydrogen) atoms. The molecule has 0 saturated heterocycles. The zero-order valence-electron chi connectivity index (χ0n) is 8.65. The Morgan fingerprint density at radius 3 is 2.60 bits per heavy atom. The molecule has 0 aliphatic heterocycles. The van der Waals surface area contributed by atoms with E-state index in [1.165, 1.54) is 0 Å². The second-order valence-electron chi connectivity index (χ2n) is 0.600. The maximum absolute atomic E-state index is 6.78. The molecule has 0 aromatic heterocycles. The molecule has 0 heteroatoms. The van der Waals surface area contributed by atoms with E-state index in [1.807, 2.05) is 0 Å². The Hall–Kier alpha value is -0.440. The van der Waals surface area contributed by atoms with Gasteiger partial charge in [0, 0.05) is 14.1 Å². The van der Waals surface area contributed by atoms with E-state index in [2.05, 4.69) is 0 Å². The molecular weight excluding hydrogens is 60.1 g/mol. The summed E-state index contributed by atoms with van der Waals surface area (Å²) in [6.45, 7) is -5.19. The molecule has 0 aliphatic rings. The van der Waals surface area contributed by atoms with Crippen LogP contribution in [-0.4, -0.2) is 0 Å². The molecular formula is C5H8. The van der Waals surface area contributed by atoms with E-state index < -0.39 is 19.6 Å². The second-order valence-corrected chi connectivity index (χ2v) is 0.600. The van der Waals surface area contributed by atoms with Crippen LogP contribution in [0.15, 0.2) is 0 Å². The summed E-state index contributed by atoms with van der Waals surface area (Å²) in [6, 6.07) is 0. The van der Waals surface area contributed by atoms with Gasteiger partial charge in [-0.25, -0.2) is 0 Å². The average Bonchev–Trinajstić information content (AvgIpc) is 1.56. The topological polar surface area (TPSA) is 0 Å². The van der Waals surface area contributed by atoms with Crippen molar-refractivity contribution in [3.05, 3.63) is 0 Å². The van der Waals surface area contributed by atoms with Gasteiger partial charge in [0.1, 0.15) is 0 Å². The minimum Gasteiger partial charge on any atom is -0.120 e. The molecule has 0 saturated carbocycles. The third-order valence-corrected chi connectivity index (χ3v) is 0.167. The lowest BCUT2D eigenvalue weighted by Gasteiger charge is -1.80. The lowest BCUT2D eigenvalue weighted by Crippen LogP contribution is -1.72. The van der Waals surface area contributed by atoms with Gasteiger partial charge in [-0.15, -0.1) is 12.3 Å². The molecule has 0 nitrogen and oxygen atoms in total. The molecule has 0 heterocycles. The van der Waals surface area contributed by atoms with Gasteiger partial charge in [-0.2, -0.15) is 0 Å². The summed E-state index contributed by atoms with van der Waals surface area (Å²) < 4.78 is 40.7. The van der Waals surface area contributed by atoms with Crippen molar-refractivity contribution in [1.29, 1.82) is 0 Å². The maximum Gasteiger partial charge on any atom is 0.0243 e. The van der Waals surface area contributed by atoms with Crippen LogP contribution in [0, 0.1) is 18.3 Å². The highest BCUT2D eigenvalue weighted by molar-refractivity contribution is 4.86. The molecule has 0 aliphatic carbocycles. The summed E-state index contributed by atoms with van der Waals surface area (Å²) in [4.78, 5) is 0. The van der Waals surface area contributed by atoms with Gasteiger partial charge in [0.25, 0.3) is 0 Å². The molecule has 0 atom stereocenters. The smallest absolute Gasteiger partial charge is 0.0243 e. The molecule has 0 rings (SSSR count). The van der Waals surface area contributed by atoms with E-state index in [4.69, 9.17) is 14.6 Å². The molecule has 0 aromatic carbocycles. The number of rotatable bonds is 0. The molecule has 0 fully saturated rings. The van der Waals surface area contributed by atoms with E-state index in [-0.39, 0.29) is 0 Å². The molecule has 0 N–H and O–H groups in total. The van der Waals surface area contributed by atoms with Crippen LogP contribution in [0.5, 0.6) is 0 Å². The summed E-state index contributed by atoms with van der Waals surface area (Å²) in [5.74, 6) is 0.0995. The Bertz CT molecular complexity index is 153. The first-order chi connectivity index (χ1) is 4.69. The highest BCUT2D eigenvalue weighted by Crippen LogP contribution is 1.81. The molecule has 0 radical (unpaired) electrons. The van der Waals surface area contributed by atoms with Crippen LogP contribution in [0.4, 0.5) is 0 Å². The number of hydrogen-bond acceptors (Lipinski definition) is 0. The Balaban J connectivity index is 4.60. The van der Waals surface area contributed by atoms with Crippen molar-refractivity contribution in [2.75, 3.05) is 0 Å². The zero-order valence-corrected chi connectivity index (χ0v) is 2.65. The molecule has 28 valence electrons. The standard InChI is InChI=1S/C5H8/c1-4-5(2)3/h1,5H,2-3H3/i2D3,3D3. The van der Waals surface area contributed by atoms with Crippen molar-refractivity contribution in [2.24, 2.45) is 5.92 Å². The van der Waals surface area contributed by atoms with Crippen molar-refractivity contribution >= 4 is 0 Å². The fourth-order valence-electron chi connectivity index (χ4n) is 0. The normalized spacial score (nSPS) is 30.4. The third kappa shape index (κ3) is 3.56. The van der Waals surface area contributed by atoms with Crippen molar-refractivity contribution in [3.63, 3.8) is 0 Å². The Labute approximate surface area is 41.6 Å². The summed E-state index contributed by atoms with van der Waals surface area (Å²) in [7, 11) is 0. The molecule has 0 bridgehead atoms. The predicted molar refractivity (Wildman–Crippen MR) is 23.7 cm³/mol. The van der Waals surface area contributed by atoms with Gasteiger partial charge in [0.2, 0.25) is 0 Å². The van der Waals surface area contributed by atoms with E-state index in [0.717, 1.165) is 0 Å². The van der Waals surface area contributed by atoms with Gasteiger partial charge in [-0.3, -0.25) is 0 Å². The fourth-order valence-corrected chi connectivity index (χ4v) is 0. The summed E-state index contributed by atoms with van der Waals surface area (Å²) in [5.41, 5.74) is 0. The first-order valence-electron chi connectivity index (χ1n) is 4.15. The first kappa shape index (κ1) is 0.632. The fraction of sp³-hybridized carbons (Fsp3) is 0.600. The van der Waals surface area contributed by atoms with Crippen LogP contribution >= 0.6 is 0 Å². The maximum atomic E-state index is 6.78. The molecule has 0 spiro atoms. The quantitative estimate of drug-likeness (QED) is 0.380. The van der Waals surface area contributed by atoms with Gasteiger partial charge in [0.15, 0.2) is 0 Å². The van der Waals surface area contributed by atoms with Gasteiger partial charge >= 0.3 is 0 Å². The van der Waals surface area contributed by atoms with E-state index in [1.54, 1.807) is 5.92 Å². The van der Waals surface area contributed by atoms with Crippen molar-refractivity contribution < 1.29 is 8.22 Å². The average molecular weight is 74.2 g/mol. The minimum absolute atomic E-state index is 1.66. The highest BCUT2D eigenvalue weighted by atomic mass is 13.8. The van der Waals surface area contributed by atoms with Crippen molar-refractivity contribution in [3.8, 4) is 12.3 Å². The summed E-state index contributed by atoms with van der Waals surface area (Å²) >= 11 is 0. The van der Waals surface area contributed by atoms with E-state index in [0.29, 0.717) is 0 Å². The summed E-state index contributed by atoms with van der Waals surface area (Å²) in [5, 5.41) is 0. The minimum atomic E-state index is -2.60. The van der Waals surface area contributed by atoms with E-state index in [9.17, 15) is 0 Å². The van der Waals surface area contributed by atoms with Crippen LogP contribution in [-0.2, 0) is 0 Å². The lowest BCUT2D eigenvalue weighted by atomic mass is 10.2. The SMILES string of the molecule is [2H]C([2H])([2H])C(C#C)C([2H])([2H])[2H].